The molecular weight excluding hydrogens is 525 g/mol. The summed E-state index contributed by atoms with van der Waals surface area (Å²) in [7, 11) is 3.65. The lowest BCUT2D eigenvalue weighted by Gasteiger charge is -2.41. The van der Waals surface area contributed by atoms with Crippen LogP contribution in [0, 0.1) is 17.1 Å². The number of nitriles is 1. The highest BCUT2D eigenvalue weighted by molar-refractivity contribution is 5.87. The second kappa shape index (κ2) is 12.4. The molecule has 3 aliphatic rings. The van der Waals surface area contributed by atoms with Crippen LogP contribution in [0.1, 0.15) is 49.0 Å². The van der Waals surface area contributed by atoms with Gasteiger partial charge in [-0.1, -0.05) is 12.6 Å². The van der Waals surface area contributed by atoms with Crippen molar-refractivity contribution in [2.24, 2.45) is 0 Å². The first kappa shape index (κ1) is 28.8. The molecule has 1 aromatic heterocycles. The third-order valence-electron chi connectivity index (χ3n) is 8.61. The van der Waals surface area contributed by atoms with Gasteiger partial charge in [-0.3, -0.25) is 9.69 Å². The average molecular weight is 564 g/mol. The number of amides is 1. The van der Waals surface area contributed by atoms with Crippen LogP contribution in [-0.4, -0.2) is 89.6 Å². The van der Waals surface area contributed by atoms with Gasteiger partial charge in [0, 0.05) is 55.9 Å². The van der Waals surface area contributed by atoms with E-state index < -0.39 is 0 Å². The number of carbonyl (C=O) groups excluding carboxylic acids is 1. The lowest BCUT2D eigenvalue weighted by molar-refractivity contribution is -0.128. The minimum absolute atomic E-state index is 0.179. The van der Waals surface area contributed by atoms with Crippen molar-refractivity contribution in [3.63, 3.8) is 0 Å². The number of hydrogen-bond acceptors (Lipinski definition) is 9. The Morgan fingerprint density at radius 3 is 2.80 bits per heavy atom. The smallest absolute Gasteiger partial charge is 0.318 e. The normalized spacial score (nSPS) is 21.8. The summed E-state index contributed by atoms with van der Waals surface area (Å²) in [5.74, 6) is 0.757. The zero-order valence-corrected chi connectivity index (χ0v) is 24.1. The highest BCUT2D eigenvalue weighted by Gasteiger charge is 2.36. The van der Waals surface area contributed by atoms with Crippen molar-refractivity contribution < 1.29 is 18.7 Å². The predicted molar refractivity (Wildman–Crippen MR) is 152 cm³/mol. The molecule has 1 aromatic carbocycles. The summed E-state index contributed by atoms with van der Waals surface area (Å²) < 4.78 is 26.7. The van der Waals surface area contributed by atoms with Gasteiger partial charge in [-0.15, -0.1) is 0 Å². The molecule has 0 radical (unpaired) electrons. The quantitative estimate of drug-likeness (QED) is 0.426. The fraction of sp³-hybridized carbons (Fsp3) is 0.533. The van der Waals surface area contributed by atoms with E-state index in [4.69, 9.17) is 19.4 Å². The Morgan fingerprint density at radius 1 is 1.27 bits per heavy atom. The number of aromatic nitrogens is 2. The molecule has 0 spiro atoms. The van der Waals surface area contributed by atoms with E-state index in [1.54, 1.807) is 24.1 Å². The lowest BCUT2D eigenvalue weighted by Crippen LogP contribution is -2.55. The van der Waals surface area contributed by atoms with Gasteiger partial charge in [-0.2, -0.15) is 15.2 Å². The molecule has 5 rings (SSSR count). The van der Waals surface area contributed by atoms with E-state index in [0.717, 1.165) is 36.5 Å². The van der Waals surface area contributed by atoms with Gasteiger partial charge in [0.25, 0.3) is 0 Å². The van der Waals surface area contributed by atoms with Crippen LogP contribution < -0.4 is 14.4 Å². The van der Waals surface area contributed by atoms with Crippen LogP contribution in [0.2, 0.25) is 0 Å². The van der Waals surface area contributed by atoms with Gasteiger partial charge in [0.2, 0.25) is 5.91 Å². The maximum Gasteiger partial charge on any atom is 0.318 e. The molecule has 218 valence electrons. The van der Waals surface area contributed by atoms with Crippen LogP contribution in [0.25, 0.3) is 0 Å². The van der Waals surface area contributed by atoms with Crippen molar-refractivity contribution >= 4 is 11.7 Å². The summed E-state index contributed by atoms with van der Waals surface area (Å²) in [5.41, 5.74) is 2.30. The topological polar surface area (TPSA) is 98.1 Å². The van der Waals surface area contributed by atoms with Crippen molar-refractivity contribution in [2.45, 2.75) is 57.4 Å². The molecule has 4 heterocycles. The van der Waals surface area contributed by atoms with E-state index in [9.17, 15) is 14.4 Å². The summed E-state index contributed by atoms with van der Waals surface area (Å²) >= 11 is 0. The Kier molecular flexibility index (Phi) is 8.71. The number of anilines is 1. The van der Waals surface area contributed by atoms with E-state index in [1.165, 1.54) is 12.1 Å². The maximum atomic E-state index is 15.0. The van der Waals surface area contributed by atoms with Crippen molar-refractivity contribution in [3.8, 4) is 17.8 Å². The molecule has 0 N–H and O–H groups in total. The largest absolute Gasteiger partial charge is 0.496 e. The van der Waals surface area contributed by atoms with Crippen molar-refractivity contribution in [1.29, 1.82) is 5.26 Å². The number of ether oxygens (including phenoxy) is 2. The van der Waals surface area contributed by atoms with E-state index in [0.29, 0.717) is 62.7 Å². The Bertz CT molecular complexity index is 1330. The first-order chi connectivity index (χ1) is 19.8. The monoisotopic (exact) mass is 563 g/mol. The van der Waals surface area contributed by atoms with Gasteiger partial charge < -0.3 is 24.2 Å². The van der Waals surface area contributed by atoms with Crippen LogP contribution in [-0.2, 0) is 17.9 Å². The second-order valence-electron chi connectivity index (χ2n) is 11.0. The number of piperazine rings is 1. The molecule has 2 fully saturated rings. The zero-order valence-electron chi connectivity index (χ0n) is 24.1. The average Bonchev–Trinajstić information content (AvgIpc) is 3.60. The standard InChI is InChI=1S/C30H38FN7O3/c1-5-27(39)38-15-14-36(16-21(38)11-12-32)29-23-17-37(20(2)28-24(31)9-6-10-26(28)40-4)18-25(23)33-30(34-29)41-19-22-8-7-13-35(22)3/h5-6,9-10,20-22H,1,7-8,11,13-19H2,2-4H3/t20?,21-,22-/m0/s1. The number of halogens is 1. The summed E-state index contributed by atoms with van der Waals surface area (Å²) in [6.07, 6.45) is 3.71. The zero-order chi connectivity index (χ0) is 29.1. The van der Waals surface area contributed by atoms with E-state index in [2.05, 4.69) is 34.4 Å². The molecule has 3 aliphatic heterocycles. The van der Waals surface area contributed by atoms with Crippen LogP contribution >= 0.6 is 0 Å². The number of nitrogens with zero attached hydrogens (tertiary/aromatic N) is 7. The number of likely N-dealkylation sites (tertiary alicyclic amines) is 1. The molecule has 1 unspecified atom stereocenters. The molecule has 1 amide bonds. The maximum absolute atomic E-state index is 15.0. The molecule has 3 atom stereocenters. The third-order valence-corrected chi connectivity index (χ3v) is 8.61. The molecule has 41 heavy (non-hydrogen) atoms. The van der Waals surface area contributed by atoms with Gasteiger partial charge in [0.15, 0.2) is 0 Å². The van der Waals surface area contributed by atoms with Crippen LogP contribution in [0.3, 0.4) is 0 Å². The van der Waals surface area contributed by atoms with Crippen LogP contribution in [0.15, 0.2) is 30.9 Å². The van der Waals surface area contributed by atoms with Crippen molar-refractivity contribution in [3.05, 3.63) is 53.5 Å². The minimum atomic E-state index is -0.314. The van der Waals surface area contributed by atoms with Crippen LogP contribution in [0.5, 0.6) is 11.8 Å². The molecule has 0 saturated carbocycles. The number of carbonyl (C=O) groups is 1. The summed E-state index contributed by atoms with van der Waals surface area (Å²) in [6, 6.07) is 7.15. The molecule has 11 heteroatoms. The highest BCUT2D eigenvalue weighted by Crippen LogP contribution is 2.39. The van der Waals surface area contributed by atoms with Gasteiger partial charge in [-0.05, 0) is 51.6 Å². The number of likely N-dealkylation sites (N-methyl/N-ethyl adjacent to an activating group) is 1. The van der Waals surface area contributed by atoms with E-state index in [-0.39, 0.29) is 30.2 Å². The summed E-state index contributed by atoms with van der Waals surface area (Å²) in [4.78, 5) is 30.5. The Labute approximate surface area is 241 Å². The Hall–Kier alpha value is -3.75. The van der Waals surface area contributed by atoms with Gasteiger partial charge >= 0.3 is 6.01 Å². The number of methoxy groups -OCH3 is 1. The van der Waals surface area contributed by atoms with Crippen molar-refractivity contribution in [1.82, 2.24) is 24.7 Å². The SMILES string of the molecule is C=CC(=O)N1CCN(c2nc(OC[C@@H]3CCCN3C)nc3c2CN(C(C)c2c(F)cccc2OC)C3)C[C@@H]1CC#N. The summed E-state index contributed by atoms with van der Waals surface area (Å²) in [6.45, 7) is 9.61. The number of hydrogen-bond donors (Lipinski definition) is 0. The molecule has 0 bridgehead atoms. The molecule has 10 nitrogen and oxygen atoms in total. The summed E-state index contributed by atoms with van der Waals surface area (Å²) in [5, 5.41) is 9.48. The number of fused-ring (bicyclic) bond motifs is 1. The molecule has 2 saturated heterocycles. The number of rotatable bonds is 9. The van der Waals surface area contributed by atoms with Crippen LogP contribution in [0.4, 0.5) is 10.2 Å². The molecular formula is C30H38FN7O3. The molecule has 0 aliphatic carbocycles. The third kappa shape index (κ3) is 5.85. The fourth-order valence-electron chi connectivity index (χ4n) is 6.22. The van der Waals surface area contributed by atoms with Crippen molar-refractivity contribution in [2.75, 3.05) is 51.8 Å². The highest BCUT2D eigenvalue weighted by atomic mass is 19.1. The van der Waals surface area contributed by atoms with E-state index >= 15 is 0 Å². The van der Waals surface area contributed by atoms with Gasteiger partial charge in [0.1, 0.15) is 24.0 Å². The lowest BCUT2D eigenvalue weighted by atomic mass is 10.0. The fourth-order valence-corrected chi connectivity index (χ4v) is 6.22. The Morgan fingerprint density at radius 2 is 2.10 bits per heavy atom. The molecule has 2 aromatic rings. The van der Waals surface area contributed by atoms with Gasteiger partial charge in [-0.25, -0.2) is 4.39 Å². The minimum Gasteiger partial charge on any atom is -0.496 e. The number of benzene rings is 1. The second-order valence-corrected chi connectivity index (χ2v) is 11.0. The van der Waals surface area contributed by atoms with Gasteiger partial charge in [0.05, 0.1) is 31.3 Å². The first-order valence-electron chi connectivity index (χ1n) is 14.2. The Balaban J connectivity index is 1.45. The first-order valence-corrected chi connectivity index (χ1v) is 14.2. The van der Waals surface area contributed by atoms with E-state index in [1.807, 2.05) is 6.92 Å². The predicted octanol–water partition coefficient (Wildman–Crippen LogP) is 3.29.